The number of urea groups is 1. The summed E-state index contributed by atoms with van der Waals surface area (Å²) in [6.07, 6.45) is 0. The Bertz CT molecular complexity index is 946. The lowest BCUT2D eigenvalue weighted by Gasteiger charge is -2.34. The third-order valence-electron chi connectivity index (χ3n) is 4.68. The summed E-state index contributed by atoms with van der Waals surface area (Å²) in [5.74, 6) is 0. The lowest BCUT2D eigenvalue weighted by molar-refractivity contribution is 0.169. The fourth-order valence-corrected chi connectivity index (χ4v) is 5.21. The van der Waals surface area contributed by atoms with Gasteiger partial charge in [-0.2, -0.15) is 4.31 Å². The van der Waals surface area contributed by atoms with Crippen LogP contribution in [0, 0.1) is 0 Å². The monoisotopic (exact) mass is 441 g/mol. The summed E-state index contributed by atoms with van der Waals surface area (Å²) in [7, 11) is -3.77. The van der Waals surface area contributed by atoms with Crippen LogP contribution < -0.4 is 5.32 Å². The van der Waals surface area contributed by atoms with Gasteiger partial charge < -0.3 is 10.2 Å². The maximum atomic E-state index is 12.9. The van der Waals surface area contributed by atoms with Crippen molar-refractivity contribution in [3.05, 3.63) is 64.1 Å². The first-order chi connectivity index (χ1) is 13.3. The zero-order valence-electron chi connectivity index (χ0n) is 15.3. The molecule has 1 heterocycles. The number of benzene rings is 2. The molecule has 2 aromatic carbocycles. The van der Waals surface area contributed by atoms with Crippen molar-refractivity contribution in [1.82, 2.24) is 14.5 Å². The smallest absolute Gasteiger partial charge is 0.317 e. The van der Waals surface area contributed by atoms with E-state index in [1.54, 1.807) is 11.0 Å². The van der Waals surface area contributed by atoms with Gasteiger partial charge in [-0.25, -0.2) is 13.2 Å². The van der Waals surface area contributed by atoms with E-state index in [0.717, 1.165) is 5.56 Å². The fourth-order valence-electron chi connectivity index (χ4n) is 3.05. The van der Waals surface area contributed by atoms with E-state index in [0.29, 0.717) is 18.1 Å². The Hall–Kier alpha value is -1.80. The Morgan fingerprint density at radius 3 is 2.32 bits per heavy atom. The van der Waals surface area contributed by atoms with E-state index in [4.69, 9.17) is 23.2 Å². The Kier molecular flexibility index (Phi) is 6.50. The minimum absolute atomic E-state index is 0.0164. The lowest BCUT2D eigenvalue weighted by atomic mass is 10.1. The second-order valence-corrected chi connectivity index (χ2v) is 9.30. The Labute approximate surface area is 175 Å². The minimum Gasteiger partial charge on any atom is -0.331 e. The topological polar surface area (TPSA) is 69.7 Å². The van der Waals surface area contributed by atoms with E-state index >= 15 is 0 Å². The predicted molar refractivity (Wildman–Crippen MR) is 110 cm³/mol. The third kappa shape index (κ3) is 4.60. The van der Waals surface area contributed by atoms with Crippen molar-refractivity contribution in [2.45, 2.75) is 17.9 Å². The molecular weight excluding hydrogens is 421 g/mol. The van der Waals surface area contributed by atoms with Gasteiger partial charge in [0.2, 0.25) is 10.0 Å². The first-order valence-corrected chi connectivity index (χ1v) is 11.0. The largest absolute Gasteiger partial charge is 0.331 e. The molecule has 2 amide bonds. The van der Waals surface area contributed by atoms with Gasteiger partial charge in [0, 0.05) is 31.2 Å². The summed E-state index contributed by atoms with van der Waals surface area (Å²) in [4.78, 5) is 14.1. The van der Waals surface area contributed by atoms with Crippen LogP contribution in [-0.2, 0) is 10.0 Å². The average molecular weight is 442 g/mol. The third-order valence-corrected chi connectivity index (χ3v) is 7.29. The van der Waals surface area contributed by atoms with Gasteiger partial charge in [0.25, 0.3) is 0 Å². The summed E-state index contributed by atoms with van der Waals surface area (Å²) in [5, 5.41) is 3.38. The zero-order valence-corrected chi connectivity index (χ0v) is 17.6. The Morgan fingerprint density at radius 2 is 1.68 bits per heavy atom. The molecule has 2 aromatic rings. The van der Waals surface area contributed by atoms with Gasteiger partial charge in [-0.3, -0.25) is 0 Å². The SMILES string of the molecule is CC(NC(=O)N1CCN(S(=O)(=O)c2cc(Cl)ccc2Cl)CC1)c1ccccc1. The van der Waals surface area contributed by atoms with Crippen LogP contribution in [0.3, 0.4) is 0 Å². The number of hydrogen-bond acceptors (Lipinski definition) is 3. The molecule has 1 fully saturated rings. The summed E-state index contributed by atoms with van der Waals surface area (Å²) in [5.41, 5.74) is 1.01. The molecular formula is C19H21Cl2N3O3S. The van der Waals surface area contributed by atoms with Gasteiger partial charge in [0.1, 0.15) is 4.90 Å². The molecule has 0 bridgehead atoms. The minimum atomic E-state index is -3.77. The van der Waals surface area contributed by atoms with Crippen LogP contribution in [0.1, 0.15) is 18.5 Å². The molecule has 0 aliphatic carbocycles. The number of nitrogens with one attached hydrogen (secondary N) is 1. The number of rotatable bonds is 4. The number of carbonyl (C=O) groups excluding carboxylic acids is 1. The molecule has 1 atom stereocenters. The van der Waals surface area contributed by atoms with Crippen LogP contribution in [0.25, 0.3) is 0 Å². The quantitative estimate of drug-likeness (QED) is 0.784. The number of nitrogens with zero attached hydrogens (tertiary/aromatic N) is 2. The van der Waals surface area contributed by atoms with Crippen molar-refractivity contribution in [3.8, 4) is 0 Å². The number of amides is 2. The molecule has 1 unspecified atom stereocenters. The number of piperazine rings is 1. The average Bonchev–Trinajstić information content (AvgIpc) is 2.70. The highest BCUT2D eigenvalue weighted by Gasteiger charge is 2.32. The van der Waals surface area contributed by atoms with E-state index in [2.05, 4.69) is 5.32 Å². The second kappa shape index (κ2) is 8.69. The van der Waals surface area contributed by atoms with Gasteiger partial charge >= 0.3 is 6.03 Å². The molecule has 6 nitrogen and oxygen atoms in total. The Balaban J connectivity index is 1.62. The van der Waals surface area contributed by atoms with Crippen LogP contribution in [0.4, 0.5) is 4.79 Å². The van der Waals surface area contributed by atoms with Gasteiger partial charge in [-0.15, -0.1) is 0 Å². The zero-order chi connectivity index (χ0) is 20.3. The van der Waals surface area contributed by atoms with E-state index in [9.17, 15) is 13.2 Å². The molecule has 1 saturated heterocycles. The van der Waals surface area contributed by atoms with Gasteiger partial charge in [0.05, 0.1) is 11.1 Å². The first-order valence-electron chi connectivity index (χ1n) is 8.84. The highest BCUT2D eigenvalue weighted by Crippen LogP contribution is 2.28. The predicted octanol–water partition coefficient (Wildman–Crippen LogP) is 3.77. The number of hydrogen-bond donors (Lipinski definition) is 1. The van der Waals surface area contributed by atoms with Crippen molar-refractivity contribution in [1.29, 1.82) is 0 Å². The summed E-state index contributed by atoms with van der Waals surface area (Å²) < 4.78 is 27.1. The molecule has 0 saturated carbocycles. The van der Waals surface area contributed by atoms with Gasteiger partial charge in [-0.05, 0) is 30.7 Å². The molecule has 150 valence electrons. The maximum Gasteiger partial charge on any atom is 0.317 e. The molecule has 3 rings (SSSR count). The summed E-state index contributed by atoms with van der Waals surface area (Å²) in [6, 6.07) is 13.7. The highest BCUT2D eigenvalue weighted by atomic mass is 35.5. The van der Waals surface area contributed by atoms with E-state index in [1.807, 2.05) is 37.3 Å². The van der Waals surface area contributed by atoms with Crippen LogP contribution >= 0.6 is 23.2 Å². The standard InChI is InChI=1S/C19H21Cl2N3O3S/c1-14(15-5-3-2-4-6-15)22-19(25)23-9-11-24(12-10-23)28(26,27)18-13-16(20)7-8-17(18)21/h2-8,13-14H,9-12H2,1H3,(H,22,25). The van der Waals surface area contributed by atoms with Gasteiger partial charge in [0.15, 0.2) is 0 Å². The highest BCUT2D eigenvalue weighted by molar-refractivity contribution is 7.89. The molecule has 0 aromatic heterocycles. The van der Waals surface area contributed by atoms with Crippen LogP contribution in [0.15, 0.2) is 53.4 Å². The summed E-state index contributed by atoms with van der Waals surface area (Å²) >= 11 is 12.0. The van der Waals surface area contributed by atoms with E-state index in [-0.39, 0.29) is 35.1 Å². The molecule has 28 heavy (non-hydrogen) atoms. The molecule has 0 spiro atoms. The lowest BCUT2D eigenvalue weighted by Crippen LogP contribution is -2.53. The molecule has 1 N–H and O–H groups in total. The van der Waals surface area contributed by atoms with Crippen molar-refractivity contribution in [2.75, 3.05) is 26.2 Å². The van der Waals surface area contributed by atoms with Crippen molar-refractivity contribution >= 4 is 39.3 Å². The van der Waals surface area contributed by atoms with Crippen molar-refractivity contribution in [3.63, 3.8) is 0 Å². The molecule has 1 aliphatic heterocycles. The van der Waals surface area contributed by atoms with Gasteiger partial charge in [-0.1, -0.05) is 53.5 Å². The van der Waals surface area contributed by atoms with Crippen LogP contribution in [0.2, 0.25) is 10.0 Å². The van der Waals surface area contributed by atoms with Crippen molar-refractivity contribution < 1.29 is 13.2 Å². The fraction of sp³-hybridized carbons (Fsp3) is 0.316. The molecule has 9 heteroatoms. The van der Waals surface area contributed by atoms with Crippen molar-refractivity contribution in [2.24, 2.45) is 0 Å². The number of halogens is 2. The summed E-state index contributed by atoms with van der Waals surface area (Å²) in [6.45, 7) is 2.89. The second-order valence-electron chi connectivity index (χ2n) is 6.55. The number of carbonyl (C=O) groups is 1. The van der Waals surface area contributed by atoms with E-state index < -0.39 is 10.0 Å². The molecule has 0 radical (unpaired) electrons. The normalized spacial score (nSPS) is 16.6. The molecule has 1 aliphatic rings. The maximum absolute atomic E-state index is 12.9. The van der Waals surface area contributed by atoms with Crippen LogP contribution in [-0.4, -0.2) is 49.8 Å². The van der Waals surface area contributed by atoms with Crippen LogP contribution in [0.5, 0.6) is 0 Å². The Morgan fingerprint density at radius 1 is 1.04 bits per heavy atom. The number of sulfonamides is 1. The first kappa shape index (κ1) is 20.9. The van der Waals surface area contributed by atoms with E-state index in [1.165, 1.54) is 16.4 Å².